The fraction of sp³-hybridized carbons (Fsp3) is 0.565. The van der Waals surface area contributed by atoms with Crippen LogP contribution in [0.2, 0.25) is 0 Å². The third-order valence-electron chi connectivity index (χ3n) is 7.50. The highest BCUT2D eigenvalue weighted by molar-refractivity contribution is 7.19. The number of thiophene rings is 1. The van der Waals surface area contributed by atoms with E-state index in [0.29, 0.717) is 22.5 Å². The quantitative estimate of drug-likeness (QED) is 0.738. The molecule has 0 aromatic carbocycles. The van der Waals surface area contributed by atoms with Gasteiger partial charge in [-0.3, -0.25) is 9.69 Å². The molecule has 9 heteroatoms. The van der Waals surface area contributed by atoms with Gasteiger partial charge in [-0.2, -0.15) is 5.26 Å². The van der Waals surface area contributed by atoms with Gasteiger partial charge in [0.15, 0.2) is 5.75 Å². The van der Waals surface area contributed by atoms with Gasteiger partial charge in [0.25, 0.3) is 0 Å². The maximum absolute atomic E-state index is 15.7. The molecule has 0 radical (unpaired) electrons. The van der Waals surface area contributed by atoms with Crippen LogP contribution >= 0.6 is 11.3 Å². The zero-order chi connectivity index (χ0) is 22.1. The fourth-order valence-corrected chi connectivity index (χ4v) is 6.98. The van der Waals surface area contributed by atoms with Crippen LogP contribution in [0, 0.1) is 17.2 Å². The Balaban J connectivity index is 1.54. The van der Waals surface area contributed by atoms with E-state index in [4.69, 9.17) is 4.74 Å². The van der Waals surface area contributed by atoms with Crippen LogP contribution in [0.25, 0.3) is 16.3 Å². The number of ether oxygens (including phenoxy) is 1. The monoisotopic (exact) mass is 456 g/mol. The third kappa shape index (κ3) is 2.83. The number of piperidine rings is 1. The molecule has 4 heterocycles. The Hall–Kier alpha value is -2.25. The summed E-state index contributed by atoms with van der Waals surface area (Å²) in [4.78, 5) is 16.2. The number of fused-ring (bicyclic) bond motifs is 3. The van der Waals surface area contributed by atoms with Crippen molar-refractivity contribution in [1.29, 1.82) is 5.26 Å². The van der Waals surface area contributed by atoms with E-state index in [1.807, 2.05) is 10.6 Å². The fourth-order valence-electron chi connectivity index (χ4n) is 5.91. The SMILES string of the molecule is COC1c2c(c(=O)c3c(O)c(C#N)sc3n2C2CC2)C=C(F)C1N1C[C@@H]2CCCN[C@@H]2C1. The Kier molecular flexibility index (Phi) is 4.70. The summed E-state index contributed by atoms with van der Waals surface area (Å²) < 4.78 is 23.6. The molecule has 32 heavy (non-hydrogen) atoms. The summed E-state index contributed by atoms with van der Waals surface area (Å²) in [5, 5.41) is 23.7. The van der Waals surface area contributed by atoms with Gasteiger partial charge in [0.05, 0.1) is 11.7 Å². The molecule has 7 nitrogen and oxygen atoms in total. The lowest BCUT2D eigenvalue weighted by atomic mass is 9.91. The predicted molar refractivity (Wildman–Crippen MR) is 119 cm³/mol. The van der Waals surface area contributed by atoms with Crippen LogP contribution in [0.1, 0.15) is 54.0 Å². The number of nitrogens with zero attached hydrogens (tertiary/aromatic N) is 3. The van der Waals surface area contributed by atoms with E-state index in [-0.39, 0.29) is 33.4 Å². The molecule has 1 saturated carbocycles. The smallest absolute Gasteiger partial charge is 0.201 e. The zero-order valence-corrected chi connectivity index (χ0v) is 18.6. The number of likely N-dealkylation sites (tertiary alicyclic amines) is 1. The number of rotatable bonds is 3. The van der Waals surface area contributed by atoms with Gasteiger partial charge in [-0.05, 0) is 44.2 Å². The Morgan fingerprint density at radius 2 is 2.16 bits per heavy atom. The summed E-state index contributed by atoms with van der Waals surface area (Å²) in [5.41, 5.74) is 0.472. The molecule has 0 spiro atoms. The van der Waals surface area contributed by atoms with Crippen LogP contribution in [0.5, 0.6) is 5.75 Å². The topological polar surface area (TPSA) is 90.5 Å². The third-order valence-corrected chi connectivity index (χ3v) is 8.58. The van der Waals surface area contributed by atoms with Gasteiger partial charge < -0.3 is 19.7 Å². The summed E-state index contributed by atoms with van der Waals surface area (Å²) in [7, 11) is 1.57. The first kappa shape index (κ1) is 20.4. The highest BCUT2D eigenvalue weighted by Gasteiger charge is 2.46. The minimum absolute atomic E-state index is 0.110. The summed E-state index contributed by atoms with van der Waals surface area (Å²) in [5.74, 6) is -0.178. The Morgan fingerprint density at radius 3 is 2.84 bits per heavy atom. The molecular formula is C23H25FN4O3S. The molecule has 2 aliphatic heterocycles. The van der Waals surface area contributed by atoms with Crippen molar-refractivity contribution in [3.05, 3.63) is 32.2 Å². The lowest BCUT2D eigenvalue weighted by molar-refractivity contribution is 0.0195. The molecule has 2 N–H and O–H groups in total. The van der Waals surface area contributed by atoms with Crippen molar-refractivity contribution in [1.82, 2.24) is 14.8 Å². The van der Waals surface area contributed by atoms with Crippen molar-refractivity contribution in [3.63, 3.8) is 0 Å². The van der Waals surface area contributed by atoms with Crippen LogP contribution < -0.4 is 10.7 Å². The highest BCUT2D eigenvalue weighted by Crippen LogP contribution is 2.48. The number of aromatic nitrogens is 1. The number of halogens is 1. The largest absolute Gasteiger partial charge is 0.505 e. The van der Waals surface area contributed by atoms with Crippen molar-refractivity contribution in [2.75, 3.05) is 26.7 Å². The second-order valence-electron chi connectivity index (χ2n) is 9.35. The van der Waals surface area contributed by atoms with Crippen LogP contribution in [-0.2, 0) is 4.74 Å². The first-order chi connectivity index (χ1) is 15.5. The second-order valence-corrected chi connectivity index (χ2v) is 10.3. The van der Waals surface area contributed by atoms with E-state index >= 15 is 4.39 Å². The van der Waals surface area contributed by atoms with Crippen LogP contribution in [-0.4, -0.2) is 53.4 Å². The molecule has 2 unspecified atom stereocenters. The second kappa shape index (κ2) is 7.39. The summed E-state index contributed by atoms with van der Waals surface area (Å²) in [6.45, 7) is 2.55. The van der Waals surface area contributed by atoms with Gasteiger partial charge in [-0.15, -0.1) is 11.3 Å². The van der Waals surface area contributed by atoms with Crippen LogP contribution in [0.4, 0.5) is 4.39 Å². The minimum atomic E-state index is -0.636. The van der Waals surface area contributed by atoms with E-state index in [0.717, 1.165) is 56.7 Å². The molecule has 2 aliphatic carbocycles. The molecule has 2 aromatic rings. The average molecular weight is 457 g/mol. The summed E-state index contributed by atoms with van der Waals surface area (Å²) in [6.07, 6.45) is 4.86. The average Bonchev–Trinajstić information content (AvgIpc) is 3.44. The molecule has 4 atom stereocenters. The van der Waals surface area contributed by atoms with Gasteiger partial charge in [-0.1, -0.05) is 0 Å². The Labute approximate surface area is 188 Å². The lowest BCUT2D eigenvalue weighted by Gasteiger charge is -2.37. The maximum atomic E-state index is 15.7. The zero-order valence-electron chi connectivity index (χ0n) is 17.8. The number of hydrogen-bond donors (Lipinski definition) is 2. The Bertz CT molecular complexity index is 1230. The van der Waals surface area contributed by atoms with Gasteiger partial charge in [0.2, 0.25) is 5.43 Å². The number of nitriles is 1. The molecule has 168 valence electrons. The molecule has 4 aliphatic rings. The summed E-state index contributed by atoms with van der Waals surface area (Å²) >= 11 is 1.13. The Morgan fingerprint density at radius 1 is 1.34 bits per heavy atom. The van der Waals surface area contributed by atoms with Gasteiger partial charge in [0, 0.05) is 37.8 Å². The number of nitrogens with one attached hydrogen (secondary N) is 1. The summed E-state index contributed by atoms with van der Waals surface area (Å²) in [6, 6.07) is 1.91. The van der Waals surface area contributed by atoms with E-state index in [9.17, 15) is 15.2 Å². The molecule has 0 bridgehead atoms. The van der Waals surface area contributed by atoms with E-state index in [1.165, 1.54) is 6.08 Å². The van der Waals surface area contributed by atoms with Gasteiger partial charge in [0.1, 0.15) is 33.1 Å². The predicted octanol–water partition coefficient (Wildman–Crippen LogP) is 3.04. The number of methoxy groups -OCH3 is 1. The maximum Gasteiger partial charge on any atom is 0.201 e. The van der Waals surface area contributed by atoms with E-state index in [1.54, 1.807) is 7.11 Å². The van der Waals surface area contributed by atoms with Crippen molar-refractivity contribution < 1.29 is 14.2 Å². The van der Waals surface area contributed by atoms with E-state index in [2.05, 4.69) is 10.2 Å². The van der Waals surface area contributed by atoms with Crippen molar-refractivity contribution in [2.45, 2.75) is 49.9 Å². The van der Waals surface area contributed by atoms with Crippen molar-refractivity contribution in [3.8, 4) is 11.8 Å². The standard InChI is InChI=1S/C23H25FN4O3S/c1-31-22-18-13(7-14(24)19(22)27-9-11-3-2-6-26-15(11)10-27)20(29)17-21(30)16(8-25)32-23(17)28(18)12-4-5-12/h7,11-12,15,19,22,26,30H,2-6,9-10H2,1H3/t11-,15+,19?,22?/m0/s1. The number of pyridine rings is 1. The van der Waals surface area contributed by atoms with Gasteiger partial charge >= 0.3 is 0 Å². The lowest BCUT2D eigenvalue weighted by Crippen LogP contribution is -2.45. The van der Waals surface area contributed by atoms with Crippen molar-refractivity contribution >= 4 is 27.6 Å². The van der Waals surface area contributed by atoms with Crippen LogP contribution in [0.15, 0.2) is 10.6 Å². The normalized spacial score (nSPS) is 30.1. The molecule has 2 saturated heterocycles. The van der Waals surface area contributed by atoms with E-state index < -0.39 is 17.6 Å². The highest BCUT2D eigenvalue weighted by atomic mass is 32.1. The minimum Gasteiger partial charge on any atom is -0.505 e. The molecule has 3 fully saturated rings. The molecule has 6 rings (SSSR count). The molecule has 0 amide bonds. The number of hydrogen-bond acceptors (Lipinski definition) is 7. The van der Waals surface area contributed by atoms with Crippen molar-refractivity contribution in [2.24, 2.45) is 5.92 Å². The van der Waals surface area contributed by atoms with Crippen LogP contribution in [0.3, 0.4) is 0 Å². The first-order valence-corrected chi connectivity index (χ1v) is 12.1. The molecule has 2 aromatic heterocycles. The van der Waals surface area contributed by atoms with Gasteiger partial charge in [-0.25, -0.2) is 4.39 Å². The number of aromatic hydroxyl groups is 1. The molecular weight excluding hydrogens is 431 g/mol. The first-order valence-electron chi connectivity index (χ1n) is 11.2.